The van der Waals surface area contributed by atoms with Crippen molar-refractivity contribution >= 4 is 0 Å². The summed E-state index contributed by atoms with van der Waals surface area (Å²) in [5.41, 5.74) is 5.32. The molecule has 0 rings (SSSR count). The SMILES string of the molecule is CN(CCCCN)CCOCC(F)(F)F. The van der Waals surface area contributed by atoms with E-state index in [-0.39, 0.29) is 6.61 Å². The third-order valence-corrected chi connectivity index (χ3v) is 1.88. The minimum absolute atomic E-state index is 0.110. The number of alkyl halides is 3. The molecular formula is C9H19F3N2O. The van der Waals surface area contributed by atoms with Gasteiger partial charge in [0.05, 0.1) is 6.61 Å². The van der Waals surface area contributed by atoms with Gasteiger partial charge in [0, 0.05) is 6.54 Å². The van der Waals surface area contributed by atoms with Gasteiger partial charge in [-0.15, -0.1) is 0 Å². The number of hydrogen-bond acceptors (Lipinski definition) is 3. The predicted octanol–water partition coefficient (Wildman–Crippen LogP) is 1.24. The Morgan fingerprint density at radius 1 is 1.20 bits per heavy atom. The van der Waals surface area contributed by atoms with E-state index in [2.05, 4.69) is 4.74 Å². The van der Waals surface area contributed by atoms with Crippen molar-refractivity contribution in [3.63, 3.8) is 0 Å². The fourth-order valence-electron chi connectivity index (χ4n) is 1.05. The van der Waals surface area contributed by atoms with Gasteiger partial charge in [0.25, 0.3) is 0 Å². The van der Waals surface area contributed by atoms with E-state index in [1.165, 1.54) is 0 Å². The molecule has 0 atom stereocenters. The molecule has 0 amide bonds. The molecule has 0 bridgehead atoms. The number of hydrogen-bond donors (Lipinski definition) is 1. The number of rotatable bonds is 8. The van der Waals surface area contributed by atoms with E-state index < -0.39 is 12.8 Å². The van der Waals surface area contributed by atoms with Crippen molar-refractivity contribution in [2.24, 2.45) is 5.73 Å². The van der Waals surface area contributed by atoms with Gasteiger partial charge in [-0.3, -0.25) is 0 Å². The molecule has 0 aromatic heterocycles. The lowest BCUT2D eigenvalue weighted by Gasteiger charge is -2.16. The molecule has 0 saturated heterocycles. The van der Waals surface area contributed by atoms with Crippen LogP contribution in [0.25, 0.3) is 0 Å². The highest BCUT2D eigenvalue weighted by molar-refractivity contribution is 4.53. The lowest BCUT2D eigenvalue weighted by atomic mass is 10.3. The van der Waals surface area contributed by atoms with Crippen LogP contribution in [-0.4, -0.2) is 51.0 Å². The Hall–Kier alpha value is -0.330. The Bertz CT molecular complexity index is 153. The van der Waals surface area contributed by atoms with Crippen LogP contribution < -0.4 is 5.73 Å². The number of nitrogens with two attached hydrogens (primary N) is 1. The van der Waals surface area contributed by atoms with Crippen LogP contribution in [0.5, 0.6) is 0 Å². The van der Waals surface area contributed by atoms with Crippen LogP contribution in [0.3, 0.4) is 0 Å². The normalized spacial score (nSPS) is 12.4. The van der Waals surface area contributed by atoms with Crippen molar-refractivity contribution in [3.05, 3.63) is 0 Å². The highest BCUT2D eigenvalue weighted by atomic mass is 19.4. The summed E-state index contributed by atoms with van der Waals surface area (Å²) in [5, 5.41) is 0. The Kier molecular flexibility index (Phi) is 7.72. The molecule has 3 nitrogen and oxygen atoms in total. The first kappa shape index (κ1) is 14.7. The van der Waals surface area contributed by atoms with E-state index in [4.69, 9.17) is 5.73 Å². The zero-order valence-electron chi connectivity index (χ0n) is 9.02. The summed E-state index contributed by atoms with van der Waals surface area (Å²) in [5.74, 6) is 0. The maximum Gasteiger partial charge on any atom is 0.411 e. The van der Waals surface area contributed by atoms with Crippen molar-refractivity contribution in [2.75, 3.05) is 39.9 Å². The molecule has 0 aromatic carbocycles. The molecule has 0 radical (unpaired) electrons. The molecule has 0 aliphatic rings. The molecule has 92 valence electrons. The second kappa shape index (κ2) is 7.90. The lowest BCUT2D eigenvalue weighted by Crippen LogP contribution is -2.27. The van der Waals surface area contributed by atoms with Crippen LogP contribution in [0.1, 0.15) is 12.8 Å². The molecule has 0 aliphatic carbocycles. The van der Waals surface area contributed by atoms with Crippen molar-refractivity contribution in [1.82, 2.24) is 4.90 Å². The summed E-state index contributed by atoms with van der Waals surface area (Å²) in [6.45, 7) is 0.952. The largest absolute Gasteiger partial charge is 0.411 e. The Morgan fingerprint density at radius 3 is 2.40 bits per heavy atom. The fourth-order valence-corrected chi connectivity index (χ4v) is 1.05. The van der Waals surface area contributed by atoms with E-state index in [1.807, 2.05) is 11.9 Å². The highest BCUT2D eigenvalue weighted by Crippen LogP contribution is 2.14. The molecule has 2 N–H and O–H groups in total. The van der Waals surface area contributed by atoms with Gasteiger partial charge >= 0.3 is 6.18 Å². The van der Waals surface area contributed by atoms with Crippen LogP contribution in [0.4, 0.5) is 13.2 Å². The Labute approximate surface area is 88.4 Å². The number of unbranched alkanes of at least 4 members (excludes halogenated alkanes) is 1. The number of halogens is 3. The van der Waals surface area contributed by atoms with Crippen molar-refractivity contribution < 1.29 is 17.9 Å². The van der Waals surface area contributed by atoms with Crippen LogP contribution in [0.2, 0.25) is 0 Å². The molecule has 0 heterocycles. The van der Waals surface area contributed by atoms with Crippen LogP contribution in [-0.2, 0) is 4.74 Å². The predicted molar refractivity (Wildman–Crippen MR) is 52.7 cm³/mol. The van der Waals surface area contributed by atoms with Gasteiger partial charge in [-0.2, -0.15) is 13.2 Å². The first-order valence-electron chi connectivity index (χ1n) is 4.99. The third-order valence-electron chi connectivity index (χ3n) is 1.88. The monoisotopic (exact) mass is 228 g/mol. The first-order chi connectivity index (χ1) is 6.95. The summed E-state index contributed by atoms with van der Waals surface area (Å²) in [7, 11) is 1.85. The van der Waals surface area contributed by atoms with Gasteiger partial charge in [-0.05, 0) is 33.0 Å². The maximum absolute atomic E-state index is 11.7. The van der Waals surface area contributed by atoms with E-state index in [1.54, 1.807) is 0 Å². The summed E-state index contributed by atoms with van der Waals surface area (Å²) >= 11 is 0. The zero-order valence-corrected chi connectivity index (χ0v) is 9.02. The molecule has 0 aromatic rings. The van der Waals surface area contributed by atoms with E-state index in [0.717, 1.165) is 19.4 Å². The quantitative estimate of drug-likeness (QED) is 0.635. The number of likely N-dealkylation sites (N-methyl/N-ethyl adjacent to an activating group) is 1. The minimum atomic E-state index is -4.22. The molecular weight excluding hydrogens is 209 g/mol. The van der Waals surface area contributed by atoms with Crippen LogP contribution >= 0.6 is 0 Å². The zero-order chi connectivity index (χ0) is 11.7. The first-order valence-corrected chi connectivity index (χ1v) is 4.99. The summed E-state index contributed by atoms with van der Waals surface area (Å²) in [6, 6.07) is 0. The lowest BCUT2D eigenvalue weighted by molar-refractivity contribution is -0.174. The van der Waals surface area contributed by atoms with Gasteiger partial charge in [-0.1, -0.05) is 0 Å². The molecule has 0 fully saturated rings. The van der Waals surface area contributed by atoms with Crippen LogP contribution in [0, 0.1) is 0 Å². The van der Waals surface area contributed by atoms with Gasteiger partial charge in [0.15, 0.2) is 0 Å². The second-order valence-electron chi connectivity index (χ2n) is 3.47. The Morgan fingerprint density at radius 2 is 1.87 bits per heavy atom. The number of nitrogens with zero attached hydrogens (tertiary/aromatic N) is 1. The van der Waals surface area contributed by atoms with Gasteiger partial charge < -0.3 is 15.4 Å². The average molecular weight is 228 g/mol. The van der Waals surface area contributed by atoms with Crippen molar-refractivity contribution in [2.45, 2.75) is 19.0 Å². The number of ether oxygens (including phenoxy) is 1. The molecule has 0 unspecified atom stereocenters. The van der Waals surface area contributed by atoms with E-state index >= 15 is 0 Å². The Balaban J connectivity index is 3.27. The molecule has 0 saturated carbocycles. The maximum atomic E-state index is 11.7. The van der Waals surface area contributed by atoms with E-state index in [0.29, 0.717) is 13.1 Å². The van der Waals surface area contributed by atoms with Crippen molar-refractivity contribution in [1.29, 1.82) is 0 Å². The van der Waals surface area contributed by atoms with Crippen LogP contribution in [0.15, 0.2) is 0 Å². The topological polar surface area (TPSA) is 38.5 Å². The summed E-state index contributed by atoms with van der Waals surface area (Å²) < 4.78 is 39.5. The standard InChI is InChI=1S/C9H19F3N2O/c1-14(5-3-2-4-13)6-7-15-8-9(10,11)12/h2-8,13H2,1H3. The van der Waals surface area contributed by atoms with Gasteiger partial charge in [-0.25, -0.2) is 0 Å². The van der Waals surface area contributed by atoms with Gasteiger partial charge in [0.2, 0.25) is 0 Å². The third kappa shape index (κ3) is 11.6. The molecule has 0 spiro atoms. The van der Waals surface area contributed by atoms with Gasteiger partial charge in [0.1, 0.15) is 6.61 Å². The smallest absolute Gasteiger partial charge is 0.371 e. The summed E-state index contributed by atoms with van der Waals surface area (Å²) in [4.78, 5) is 1.94. The average Bonchev–Trinajstić information content (AvgIpc) is 2.11. The van der Waals surface area contributed by atoms with E-state index in [9.17, 15) is 13.2 Å². The fraction of sp³-hybridized carbons (Fsp3) is 1.00. The molecule has 0 aliphatic heterocycles. The highest BCUT2D eigenvalue weighted by Gasteiger charge is 2.27. The minimum Gasteiger partial charge on any atom is -0.371 e. The van der Waals surface area contributed by atoms with Crippen molar-refractivity contribution in [3.8, 4) is 0 Å². The molecule has 6 heteroatoms. The second-order valence-corrected chi connectivity index (χ2v) is 3.47. The summed E-state index contributed by atoms with van der Waals surface area (Å²) in [6.07, 6.45) is -2.32. The molecule has 15 heavy (non-hydrogen) atoms.